The molecule has 5 rings (SSSR count). The van der Waals surface area contributed by atoms with Crippen LogP contribution in [0.5, 0.6) is 11.9 Å². The molecule has 0 spiro atoms. The Morgan fingerprint density at radius 1 is 1.24 bits per heavy atom. The van der Waals surface area contributed by atoms with Crippen LogP contribution in [0.4, 0.5) is 31.1 Å². The summed E-state index contributed by atoms with van der Waals surface area (Å²) in [5.74, 6) is -1.95. The number of carbonyl (C=O) groups is 1. The average Bonchev–Trinajstić information content (AvgIpc) is 3.46. The van der Waals surface area contributed by atoms with Gasteiger partial charge in [0.2, 0.25) is 5.88 Å². The van der Waals surface area contributed by atoms with Crippen LogP contribution >= 0.6 is 15.9 Å². The molecule has 3 saturated heterocycles. The van der Waals surface area contributed by atoms with Gasteiger partial charge in [0, 0.05) is 13.0 Å². The Morgan fingerprint density at radius 2 is 2.00 bits per heavy atom. The summed E-state index contributed by atoms with van der Waals surface area (Å²) in [4.78, 5) is 21.9. The van der Waals surface area contributed by atoms with Crippen molar-refractivity contribution >= 4 is 32.9 Å². The summed E-state index contributed by atoms with van der Waals surface area (Å²) in [5, 5.41) is 8.64. The molecule has 3 aliphatic rings. The molecule has 4 heterocycles. The predicted octanol–water partition coefficient (Wildman–Crippen LogP) is 4.58. The van der Waals surface area contributed by atoms with Crippen molar-refractivity contribution in [2.24, 2.45) is 0 Å². The van der Waals surface area contributed by atoms with E-state index >= 15 is 4.39 Å². The number of hydrogen-bond acceptors (Lipinski definition) is 6. The molecule has 2 aromatic rings. The van der Waals surface area contributed by atoms with Gasteiger partial charge in [-0.25, -0.2) is 18.0 Å². The molecular weight excluding hydrogens is 578 g/mol. The Bertz CT molecular complexity index is 1240. The van der Waals surface area contributed by atoms with Gasteiger partial charge in [0.25, 0.3) is 0 Å². The van der Waals surface area contributed by atoms with E-state index in [9.17, 15) is 26.7 Å². The molecular formula is C22H21BrF6N4O4. The maximum Gasteiger partial charge on any atom is 0.417 e. The Labute approximate surface area is 214 Å². The fourth-order valence-corrected chi connectivity index (χ4v) is 5.84. The van der Waals surface area contributed by atoms with Gasteiger partial charge in [0.05, 0.1) is 34.1 Å². The SMILES string of the molecule is O=C(O)N1C[C@@H](F)[C@@H](Oc2nc(OC[C@@]34CCCN3C[C@H](F)C4)nc3c(F)c(Br)c(C(F)(F)F)cc23)C1. The van der Waals surface area contributed by atoms with Gasteiger partial charge < -0.3 is 19.5 Å². The minimum Gasteiger partial charge on any atom is -0.469 e. The van der Waals surface area contributed by atoms with Crippen molar-refractivity contribution in [3.05, 3.63) is 21.9 Å². The highest BCUT2D eigenvalue weighted by molar-refractivity contribution is 9.10. The van der Waals surface area contributed by atoms with Crippen molar-refractivity contribution in [1.29, 1.82) is 0 Å². The van der Waals surface area contributed by atoms with Crippen LogP contribution in [0.25, 0.3) is 10.9 Å². The Morgan fingerprint density at radius 3 is 2.68 bits per heavy atom. The highest BCUT2D eigenvalue weighted by Crippen LogP contribution is 2.43. The van der Waals surface area contributed by atoms with Gasteiger partial charge in [-0.05, 0) is 41.4 Å². The Balaban J connectivity index is 1.53. The van der Waals surface area contributed by atoms with Gasteiger partial charge >= 0.3 is 18.3 Å². The lowest BCUT2D eigenvalue weighted by Gasteiger charge is -2.30. The summed E-state index contributed by atoms with van der Waals surface area (Å²) in [5.41, 5.74) is -2.55. The number of rotatable bonds is 5. The van der Waals surface area contributed by atoms with Crippen LogP contribution < -0.4 is 9.47 Å². The number of aromatic nitrogens is 2. The molecule has 37 heavy (non-hydrogen) atoms. The van der Waals surface area contributed by atoms with Gasteiger partial charge in [0.1, 0.15) is 18.3 Å². The Kier molecular flexibility index (Phi) is 6.57. The van der Waals surface area contributed by atoms with Crippen molar-refractivity contribution in [1.82, 2.24) is 19.8 Å². The fourth-order valence-electron chi connectivity index (χ4n) is 5.31. The predicted molar refractivity (Wildman–Crippen MR) is 120 cm³/mol. The zero-order valence-electron chi connectivity index (χ0n) is 19.1. The van der Waals surface area contributed by atoms with E-state index in [-0.39, 0.29) is 19.6 Å². The number of benzene rings is 1. The molecule has 15 heteroatoms. The molecule has 202 valence electrons. The standard InChI is InChI=1S/C22H21BrF6N4O4/c23-15-12(22(27,28)29)4-11-17(16(15)26)30-19(36-9-21-2-1-3-33(21)6-10(24)5-21)31-18(11)37-14-8-32(20(34)35)7-13(14)25/h4,10,13-14H,1-3,5-9H2,(H,34,35)/t10-,13-,14+,21+/m1/s1. The van der Waals surface area contributed by atoms with Crippen LogP contribution in [0.2, 0.25) is 0 Å². The van der Waals surface area contributed by atoms with E-state index in [1.165, 1.54) is 0 Å². The first kappa shape index (κ1) is 26.1. The molecule has 1 N–H and O–H groups in total. The molecule has 1 aromatic carbocycles. The number of ether oxygens (including phenoxy) is 2. The second-order valence-electron chi connectivity index (χ2n) is 9.48. The quantitative estimate of drug-likeness (QED) is 0.504. The topological polar surface area (TPSA) is 88.0 Å². The molecule has 1 aromatic heterocycles. The normalized spacial score (nSPS) is 28.2. The maximum absolute atomic E-state index is 15.1. The van der Waals surface area contributed by atoms with E-state index in [0.29, 0.717) is 19.0 Å². The highest BCUT2D eigenvalue weighted by atomic mass is 79.9. The minimum absolute atomic E-state index is 0.0518. The summed E-state index contributed by atoms with van der Waals surface area (Å²) in [6.45, 7) is -0.0538. The summed E-state index contributed by atoms with van der Waals surface area (Å²) in [6.07, 6.45) is -8.92. The van der Waals surface area contributed by atoms with Crippen LogP contribution in [0.15, 0.2) is 10.5 Å². The van der Waals surface area contributed by atoms with Gasteiger partial charge in [-0.15, -0.1) is 0 Å². The number of halogens is 7. The summed E-state index contributed by atoms with van der Waals surface area (Å²) in [7, 11) is 0. The lowest BCUT2D eigenvalue weighted by atomic mass is 9.95. The van der Waals surface area contributed by atoms with Crippen LogP contribution in [-0.2, 0) is 6.18 Å². The van der Waals surface area contributed by atoms with Crippen molar-refractivity contribution < 1.29 is 45.7 Å². The number of alkyl halides is 5. The number of amides is 1. The van der Waals surface area contributed by atoms with Crippen molar-refractivity contribution in [2.45, 2.75) is 49.4 Å². The van der Waals surface area contributed by atoms with E-state index in [1.54, 1.807) is 0 Å². The van der Waals surface area contributed by atoms with E-state index < -0.39 is 88.0 Å². The first-order valence-corrected chi connectivity index (χ1v) is 12.2. The molecule has 3 aliphatic heterocycles. The smallest absolute Gasteiger partial charge is 0.417 e. The van der Waals surface area contributed by atoms with Gasteiger partial charge in [0.15, 0.2) is 18.1 Å². The largest absolute Gasteiger partial charge is 0.469 e. The summed E-state index contributed by atoms with van der Waals surface area (Å²) in [6, 6.07) is 0.126. The second kappa shape index (κ2) is 9.33. The number of carboxylic acid groups (broad SMARTS) is 1. The molecule has 3 fully saturated rings. The molecule has 0 bridgehead atoms. The van der Waals surface area contributed by atoms with E-state index in [2.05, 4.69) is 25.9 Å². The molecule has 0 unspecified atom stereocenters. The Hall–Kier alpha value is -2.55. The van der Waals surface area contributed by atoms with E-state index in [1.807, 2.05) is 4.90 Å². The zero-order valence-corrected chi connectivity index (χ0v) is 20.7. The molecule has 0 radical (unpaired) electrons. The monoisotopic (exact) mass is 598 g/mol. The second-order valence-corrected chi connectivity index (χ2v) is 10.3. The van der Waals surface area contributed by atoms with Crippen LogP contribution in [0, 0.1) is 5.82 Å². The van der Waals surface area contributed by atoms with E-state index in [0.717, 1.165) is 11.3 Å². The first-order valence-electron chi connectivity index (χ1n) is 11.5. The first-order chi connectivity index (χ1) is 17.4. The lowest BCUT2D eigenvalue weighted by molar-refractivity contribution is -0.138. The molecule has 0 aliphatic carbocycles. The summed E-state index contributed by atoms with van der Waals surface area (Å²) < 4.78 is 94.8. The summed E-state index contributed by atoms with van der Waals surface area (Å²) >= 11 is 2.63. The van der Waals surface area contributed by atoms with Crippen molar-refractivity contribution in [3.63, 3.8) is 0 Å². The zero-order chi connectivity index (χ0) is 26.7. The fraction of sp³-hybridized carbons (Fsp3) is 0.591. The molecule has 8 nitrogen and oxygen atoms in total. The maximum atomic E-state index is 15.1. The average molecular weight is 599 g/mol. The number of fused-ring (bicyclic) bond motifs is 2. The minimum atomic E-state index is -4.95. The van der Waals surface area contributed by atoms with Crippen LogP contribution in [0.3, 0.4) is 0 Å². The third-order valence-electron chi connectivity index (χ3n) is 7.08. The molecule has 1 amide bonds. The van der Waals surface area contributed by atoms with Gasteiger partial charge in [-0.2, -0.15) is 23.1 Å². The van der Waals surface area contributed by atoms with Gasteiger partial charge in [-0.1, -0.05) is 0 Å². The van der Waals surface area contributed by atoms with Crippen molar-refractivity contribution in [2.75, 3.05) is 32.8 Å². The number of hydrogen-bond donors (Lipinski definition) is 1. The van der Waals surface area contributed by atoms with Crippen molar-refractivity contribution in [3.8, 4) is 11.9 Å². The number of likely N-dealkylation sites (tertiary alicyclic amines) is 1. The lowest BCUT2D eigenvalue weighted by Crippen LogP contribution is -2.43. The number of nitrogens with zero attached hydrogens (tertiary/aromatic N) is 4. The van der Waals surface area contributed by atoms with Crippen LogP contribution in [0.1, 0.15) is 24.8 Å². The highest BCUT2D eigenvalue weighted by Gasteiger charge is 2.49. The molecule has 4 atom stereocenters. The molecule has 0 saturated carbocycles. The third kappa shape index (κ3) is 4.75. The third-order valence-corrected chi connectivity index (χ3v) is 7.86. The van der Waals surface area contributed by atoms with Gasteiger partial charge in [-0.3, -0.25) is 4.90 Å². The van der Waals surface area contributed by atoms with E-state index in [4.69, 9.17) is 14.6 Å². The van der Waals surface area contributed by atoms with Crippen LogP contribution in [-0.4, -0.2) is 87.7 Å².